The lowest BCUT2D eigenvalue weighted by Gasteiger charge is -2.47. The van der Waals surface area contributed by atoms with Crippen LogP contribution in [0.15, 0.2) is 0 Å². The standard InChI is InChI=1S/C21H60O6Si8.C11H30O4Si4/c1-28(2,3)22-34(23-29(4,5)6,24-30(7,8)9)20-19-21-35(25-31(10,11)12,26-32(13,14)15)27-33(16,17)18;1-9-10-11-19(8)14-17(4,5)12-16(2,3)13-18(6,7)15-19/h19-21H2,1-18H3;9-11H2,1-8H3. The van der Waals surface area contributed by atoms with Gasteiger partial charge in [-0.05, 0) is 176 Å². The topological polar surface area (TPSA) is 92.3 Å². The smallest absolute Gasteiger partial charge is 0.417 e. The van der Waals surface area contributed by atoms with Gasteiger partial charge < -0.3 is 41.2 Å². The maximum Gasteiger partial charge on any atom is 0.469 e. The Morgan fingerprint density at radius 2 is 0.574 bits per heavy atom. The first-order valence-electron chi connectivity index (χ1n) is 20.4. The monoisotopic (exact) mass is 970 g/mol. The Morgan fingerprint density at radius 1 is 0.352 bits per heavy atom. The summed E-state index contributed by atoms with van der Waals surface area (Å²) in [5, 5.41) is 0. The molecule has 22 heteroatoms. The summed E-state index contributed by atoms with van der Waals surface area (Å²) >= 11 is 0. The van der Waals surface area contributed by atoms with Crippen molar-refractivity contribution in [3.63, 3.8) is 0 Å². The largest absolute Gasteiger partial charge is 0.469 e. The highest BCUT2D eigenvalue weighted by atomic mass is 28.5. The van der Waals surface area contributed by atoms with E-state index in [9.17, 15) is 0 Å². The van der Waals surface area contributed by atoms with E-state index >= 15 is 0 Å². The lowest BCUT2D eigenvalue weighted by molar-refractivity contribution is 0.232. The number of hydrogen-bond donors (Lipinski definition) is 0. The number of rotatable bonds is 19. The van der Waals surface area contributed by atoms with Gasteiger partial charge in [0.1, 0.15) is 0 Å². The van der Waals surface area contributed by atoms with Crippen LogP contribution in [0.2, 0.25) is 182 Å². The fourth-order valence-corrected chi connectivity index (χ4v) is 58.1. The van der Waals surface area contributed by atoms with E-state index in [0.717, 1.165) is 31.0 Å². The van der Waals surface area contributed by atoms with E-state index in [2.05, 4.69) is 171 Å². The first-order valence-corrected chi connectivity index (χ1v) is 55.6. The average Bonchev–Trinajstić information content (AvgIpc) is 2.72. The third kappa shape index (κ3) is 27.1. The molecule has 1 aliphatic heterocycles. The normalized spacial score (nSPS) is 20.1. The van der Waals surface area contributed by atoms with Gasteiger partial charge >= 0.3 is 51.9 Å². The van der Waals surface area contributed by atoms with Crippen molar-refractivity contribution in [2.75, 3.05) is 0 Å². The highest BCUT2D eigenvalue weighted by Crippen LogP contribution is 2.36. The second-order valence-electron chi connectivity index (χ2n) is 22.4. The zero-order valence-electron chi connectivity index (χ0n) is 40.3. The van der Waals surface area contributed by atoms with Crippen LogP contribution in [0.1, 0.15) is 26.2 Å². The molecule has 0 saturated carbocycles. The van der Waals surface area contributed by atoms with Gasteiger partial charge in [-0.15, -0.1) is 0 Å². The molecule has 0 atom stereocenters. The molecular formula is C32H90O10Si12. The van der Waals surface area contributed by atoms with Crippen molar-refractivity contribution in [1.82, 2.24) is 0 Å². The molecule has 326 valence electrons. The Morgan fingerprint density at radius 3 is 0.778 bits per heavy atom. The summed E-state index contributed by atoms with van der Waals surface area (Å²) in [5.74, 6) is 0. The molecule has 0 amide bonds. The summed E-state index contributed by atoms with van der Waals surface area (Å²) in [4.78, 5) is 0. The van der Waals surface area contributed by atoms with Crippen molar-refractivity contribution in [1.29, 1.82) is 0 Å². The fraction of sp³-hybridized carbons (Fsp3) is 1.00. The van der Waals surface area contributed by atoms with Crippen molar-refractivity contribution in [3.8, 4) is 0 Å². The Hall–Kier alpha value is 2.20. The predicted octanol–water partition coefficient (Wildman–Crippen LogP) is 12.4. The highest BCUT2D eigenvalue weighted by Gasteiger charge is 2.54. The van der Waals surface area contributed by atoms with Crippen LogP contribution in [0, 0.1) is 0 Å². The van der Waals surface area contributed by atoms with Gasteiger partial charge in [0.05, 0.1) is 0 Å². The van der Waals surface area contributed by atoms with Crippen molar-refractivity contribution >= 4 is 102 Å². The molecule has 0 N–H and O–H groups in total. The van der Waals surface area contributed by atoms with Gasteiger partial charge in [-0.2, -0.15) is 0 Å². The second kappa shape index (κ2) is 19.9. The SMILES string of the molecule is CCCC[Si]1(C)O[Si](C)(C)O[Si](C)(C)O[Si](C)(C)O1.C[Si](C)(C)O[Si](CCC[Si](O[Si](C)(C)C)(O[Si](C)(C)C)O[Si](C)(C)C)(O[Si](C)(C)C)O[Si](C)(C)C. The molecule has 0 unspecified atom stereocenters. The van der Waals surface area contributed by atoms with Crippen molar-refractivity contribution in [3.05, 3.63) is 0 Å². The molecule has 54 heavy (non-hydrogen) atoms. The van der Waals surface area contributed by atoms with E-state index < -0.39 is 102 Å². The zero-order valence-corrected chi connectivity index (χ0v) is 52.3. The summed E-state index contributed by atoms with van der Waals surface area (Å²) < 4.78 is 67.0. The lowest BCUT2D eigenvalue weighted by atomic mass is 10.4. The molecule has 10 nitrogen and oxygen atoms in total. The summed E-state index contributed by atoms with van der Waals surface area (Å²) in [6, 6.07) is 2.62. The lowest BCUT2D eigenvalue weighted by Crippen LogP contribution is -2.64. The summed E-state index contributed by atoms with van der Waals surface area (Å²) in [6.07, 6.45) is 3.19. The molecule has 1 rings (SSSR count). The third-order valence-corrected chi connectivity index (χ3v) is 47.2. The fourth-order valence-electron chi connectivity index (χ4n) is 6.66. The molecule has 0 aliphatic carbocycles. The Balaban J connectivity index is 0.00000124. The average molecular weight is 972 g/mol. The van der Waals surface area contributed by atoms with E-state index in [1.165, 1.54) is 6.42 Å². The van der Waals surface area contributed by atoms with Crippen LogP contribution in [-0.4, -0.2) is 102 Å². The minimum atomic E-state index is -2.90. The van der Waals surface area contributed by atoms with Gasteiger partial charge in [-0.3, -0.25) is 0 Å². The first-order chi connectivity index (χ1) is 23.3. The zero-order chi connectivity index (χ0) is 43.3. The summed E-state index contributed by atoms with van der Waals surface area (Å²) in [5.41, 5.74) is 0. The summed E-state index contributed by atoms with van der Waals surface area (Å²) in [6.45, 7) is 57.4. The van der Waals surface area contributed by atoms with E-state index in [1.54, 1.807) is 0 Å². The maximum atomic E-state index is 6.92. The van der Waals surface area contributed by atoms with E-state index in [0.29, 0.717) is 0 Å². The molecule has 1 heterocycles. The minimum absolute atomic E-state index is 0.791. The third-order valence-electron chi connectivity index (χ3n) is 6.63. The van der Waals surface area contributed by atoms with Gasteiger partial charge in [-0.25, -0.2) is 0 Å². The molecule has 0 aromatic heterocycles. The first kappa shape index (κ1) is 56.2. The van der Waals surface area contributed by atoms with Crippen molar-refractivity contribution < 1.29 is 41.2 Å². The molecule has 0 spiro atoms. The molecule has 0 bridgehead atoms. The van der Waals surface area contributed by atoms with Crippen LogP contribution in [-0.2, 0) is 41.2 Å². The van der Waals surface area contributed by atoms with Crippen molar-refractivity contribution in [2.24, 2.45) is 0 Å². The Bertz CT molecular complexity index is 977. The number of hydrogen-bond acceptors (Lipinski definition) is 10. The molecule has 0 aromatic rings. The van der Waals surface area contributed by atoms with Crippen LogP contribution in [0.4, 0.5) is 0 Å². The second-order valence-corrected chi connectivity index (χ2v) is 70.8. The van der Waals surface area contributed by atoms with Crippen LogP contribution in [0.25, 0.3) is 0 Å². The molecule has 0 radical (unpaired) electrons. The molecule has 0 aromatic carbocycles. The Labute approximate surface area is 348 Å². The Kier molecular flexibility index (Phi) is 20.7. The maximum absolute atomic E-state index is 6.92. The van der Waals surface area contributed by atoms with Gasteiger partial charge in [0, 0.05) is 12.1 Å². The summed E-state index contributed by atoms with van der Waals surface area (Å²) in [7, 11) is -25.9. The van der Waals surface area contributed by atoms with Crippen LogP contribution < -0.4 is 0 Å². The molecular weight excluding hydrogens is 881 g/mol. The van der Waals surface area contributed by atoms with E-state index in [-0.39, 0.29) is 0 Å². The van der Waals surface area contributed by atoms with Gasteiger partial charge in [0.25, 0.3) is 0 Å². The van der Waals surface area contributed by atoms with Crippen LogP contribution in [0.5, 0.6) is 0 Å². The minimum Gasteiger partial charge on any atom is -0.417 e. The van der Waals surface area contributed by atoms with Crippen molar-refractivity contribution in [2.45, 2.75) is 208 Å². The molecule has 1 fully saturated rings. The molecule has 1 aliphatic rings. The van der Waals surface area contributed by atoms with Gasteiger partial charge in [-0.1, -0.05) is 19.8 Å². The van der Waals surface area contributed by atoms with Crippen LogP contribution >= 0.6 is 0 Å². The van der Waals surface area contributed by atoms with E-state index in [1.807, 2.05) is 0 Å². The quantitative estimate of drug-likeness (QED) is 0.117. The van der Waals surface area contributed by atoms with Gasteiger partial charge in [0.15, 0.2) is 49.9 Å². The van der Waals surface area contributed by atoms with E-state index in [4.69, 9.17) is 41.2 Å². The number of unbranched alkanes of at least 4 members (excludes halogenated alkanes) is 1. The van der Waals surface area contributed by atoms with Gasteiger partial charge in [0.2, 0.25) is 0 Å². The molecule has 1 saturated heterocycles. The van der Waals surface area contributed by atoms with Crippen LogP contribution in [0.3, 0.4) is 0 Å². The highest BCUT2D eigenvalue weighted by molar-refractivity contribution is 6.94. The predicted molar refractivity (Wildman–Crippen MR) is 260 cm³/mol.